The monoisotopic (exact) mass is 454 g/mol. The number of carbonyl (C=O) groups is 1. The number of aromatic nitrogens is 1. The number of amides is 1. The van der Waals surface area contributed by atoms with Crippen molar-refractivity contribution in [2.45, 2.75) is 52.9 Å². The minimum atomic E-state index is -0.283. The lowest BCUT2D eigenvalue weighted by molar-refractivity contribution is -0.118. The number of carbonyl (C=O) groups excluding carboxylic acids is 1. The van der Waals surface area contributed by atoms with Crippen LogP contribution in [0.5, 0.6) is 5.75 Å². The van der Waals surface area contributed by atoms with Gasteiger partial charge >= 0.3 is 0 Å². The molecule has 1 heterocycles. The van der Waals surface area contributed by atoms with E-state index in [4.69, 9.17) is 4.74 Å². The first kappa shape index (κ1) is 23.9. The van der Waals surface area contributed by atoms with Gasteiger partial charge in [-0.1, -0.05) is 65.0 Å². The van der Waals surface area contributed by atoms with Crippen LogP contribution < -0.4 is 10.1 Å². The third-order valence-corrected chi connectivity index (χ3v) is 6.01. The summed E-state index contributed by atoms with van der Waals surface area (Å²) in [7, 11) is 0. The minimum Gasteiger partial charge on any atom is -0.484 e. The molecule has 1 amide bonds. The molecule has 0 radical (unpaired) electrons. The van der Waals surface area contributed by atoms with E-state index in [1.807, 2.05) is 12.1 Å². The minimum absolute atomic E-state index is 0.0549. The van der Waals surface area contributed by atoms with Gasteiger partial charge in [0.05, 0.1) is 0 Å². The molecule has 3 aromatic rings. The van der Waals surface area contributed by atoms with E-state index in [-0.39, 0.29) is 29.2 Å². The molecule has 0 aliphatic heterocycles. The van der Waals surface area contributed by atoms with Crippen LogP contribution in [-0.2, 0) is 16.6 Å². The number of ether oxygens (including phenoxy) is 1. The van der Waals surface area contributed by atoms with E-state index >= 15 is 0 Å². The molecule has 0 spiro atoms. The predicted octanol–water partition coefficient (Wildman–Crippen LogP) is 6.60. The summed E-state index contributed by atoms with van der Waals surface area (Å²) in [6.07, 6.45) is 3.16. The van der Waals surface area contributed by atoms with Crippen molar-refractivity contribution >= 4 is 22.4 Å². The molecule has 170 valence electrons. The highest BCUT2D eigenvalue weighted by Gasteiger charge is 2.27. The maximum atomic E-state index is 13.8. The molecule has 0 aliphatic carbocycles. The Morgan fingerprint density at radius 3 is 2.41 bits per heavy atom. The van der Waals surface area contributed by atoms with Crippen LogP contribution in [0.25, 0.3) is 0 Å². The predicted molar refractivity (Wildman–Crippen MR) is 129 cm³/mol. The van der Waals surface area contributed by atoms with Gasteiger partial charge < -0.3 is 4.74 Å². The van der Waals surface area contributed by atoms with Crippen LogP contribution in [0.3, 0.4) is 0 Å². The van der Waals surface area contributed by atoms with Gasteiger partial charge in [-0.25, -0.2) is 9.37 Å². The molecule has 2 aromatic carbocycles. The number of nitrogens with one attached hydrogen (secondary N) is 1. The number of hydrogen-bond donors (Lipinski definition) is 1. The van der Waals surface area contributed by atoms with Crippen molar-refractivity contribution in [3.8, 4) is 5.75 Å². The van der Waals surface area contributed by atoms with E-state index in [1.165, 1.54) is 23.0 Å². The van der Waals surface area contributed by atoms with Gasteiger partial charge in [0.15, 0.2) is 11.7 Å². The molecule has 0 aliphatic rings. The Morgan fingerprint density at radius 2 is 1.75 bits per heavy atom. The van der Waals surface area contributed by atoms with Crippen LogP contribution >= 0.6 is 11.3 Å². The molecular weight excluding hydrogens is 423 g/mol. The van der Waals surface area contributed by atoms with Crippen LogP contribution in [0.2, 0.25) is 0 Å². The fourth-order valence-electron chi connectivity index (χ4n) is 4.01. The molecule has 0 bridgehead atoms. The molecule has 0 fully saturated rings. The zero-order valence-electron chi connectivity index (χ0n) is 19.4. The lowest BCUT2D eigenvalue weighted by atomic mass is 9.72. The standard InChI is InChI=1S/C26H31FN2O2S/c1-25(2,3)17-26(4,5)19-10-12-20(13-11-19)31-16-23(30)29-24-28-15-21(32-24)14-18-8-6-7-9-22(18)27/h6-13,15H,14,16-17H2,1-5H3,(H,28,29,30). The van der Waals surface area contributed by atoms with Crippen LogP contribution in [0, 0.1) is 11.2 Å². The van der Waals surface area contributed by atoms with E-state index in [0.717, 1.165) is 11.3 Å². The average Bonchev–Trinajstić information content (AvgIpc) is 3.13. The highest BCUT2D eigenvalue weighted by molar-refractivity contribution is 7.15. The lowest BCUT2D eigenvalue weighted by Gasteiger charge is -2.33. The summed E-state index contributed by atoms with van der Waals surface area (Å²) in [5.41, 5.74) is 2.14. The summed E-state index contributed by atoms with van der Waals surface area (Å²) in [6, 6.07) is 14.6. The Kier molecular flexibility index (Phi) is 7.34. The first-order chi connectivity index (χ1) is 15.0. The third-order valence-electron chi connectivity index (χ3n) is 5.10. The van der Waals surface area contributed by atoms with Crippen LogP contribution in [0.1, 0.15) is 57.0 Å². The number of benzene rings is 2. The Hall–Kier alpha value is -2.73. The zero-order valence-corrected chi connectivity index (χ0v) is 20.2. The van der Waals surface area contributed by atoms with E-state index in [2.05, 4.69) is 57.1 Å². The largest absolute Gasteiger partial charge is 0.484 e. The van der Waals surface area contributed by atoms with Gasteiger partial charge in [-0.3, -0.25) is 10.1 Å². The number of nitrogens with zero attached hydrogens (tertiary/aromatic N) is 1. The Labute approximate surface area is 193 Å². The van der Waals surface area contributed by atoms with E-state index in [0.29, 0.717) is 22.9 Å². The van der Waals surface area contributed by atoms with Gasteiger partial charge in [-0.2, -0.15) is 0 Å². The fraction of sp³-hybridized carbons (Fsp3) is 0.385. The van der Waals surface area contributed by atoms with Crippen LogP contribution in [0.4, 0.5) is 9.52 Å². The smallest absolute Gasteiger partial charge is 0.264 e. The number of anilines is 1. The molecule has 4 nitrogen and oxygen atoms in total. The zero-order chi connectivity index (χ0) is 23.4. The number of thiazole rings is 1. The van der Waals surface area contributed by atoms with Gasteiger partial charge in [-0.15, -0.1) is 11.3 Å². The lowest BCUT2D eigenvalue weighted by Crippen LogP contribution is -2.24. The normalized spacial score (nSPS) is 11.9. The second-order valence-electron chi connectivity index (χ2n) is 9.88. The Morgan fingerprint density at radius 1 is 1.06 bits per heavy atom. The van der Waals surface area contributed by atoms with Crippen LogP contribution in [0.15, 0.2) is 54.7 Å². The first-order valence-corrected chi connectivity index (χ1v) is 11.5. The van der Waals surface area contributed by atoms with Crippen molar-refractivity contribution in [2.75, 3.05) is 11.9 Å². The molecule has 0 saturated heterocycles. The average molecular weight is 455 g/mol. The van der Waals surface area contributed by atoms with Crippen molar-refractivity contribution in [3.63, 3.8) is 0 Å². The summed E-state index contributed by atoms with van der Waals surface area (Å²) in [4.78, 5) is 17.3. The number of halogens is 1. The summed E-state index contributed by atoms with van der Waals surface area (Å²) in [5.74, 6) is 0.122. The third kappa shape index (κ3) is 6.89. The van der Waals surface area contributed by atoms with E-state index in [9.17, 15) is 9.18 Å². The Balaban J connectivity index is 1.51. The molecule has 32 heavy (non-hydrogen) atoms. The number of hydrogen-bond acceptors (Lipinski definition) is 4. The maximum absolute atomic E-state index is 13.8. The molecular formula is C26H31FN2O2S. The second-order valence-corrected chi connectivity index (χ2v) is 11.0. The van der Waals surface area contributed by atoms with Crippen molar-refractivity contribution in [3.05, 3.63) is 76.5 Å². The van der Waals surface area contributed by atoms with E-state index in [1.54, 1.807) is 24.4 Å². The number of rotatable bonds is 8. The van der Waals surface area contributed by atoms with Gasteiger partial charge in [0.25, 0.3) is 5.91 Å². The van der Waals surface area contributed by atoms with Crippen molar-refractivity contribution in [1.29, 1.82) is 0 Å². The van der Waals surface area contributed by atoms with Crippen molar-refractivity contribution in [2.24, 2.45) is 5.41 Å². The van der Waals surface area contributed by atoms with Gasteiger partial charge in [0.2, 0.25) is 0 Å². The maximum Gasteiger partial charge on any atom is 0.264 e. The second kappa shape index (κ2) is 9.82. The van der Waals surface area contributed by atoms with Gasteiger partial charge in [0.1, 0.15) is 11.6 Å². The molecule has 1 N–H and O–H groups in total. The van der Waals surface area contributed by atoms with Crippen molar-refractivity contribution < 1.29 is 13.9 Å². The molecule has 3 rings (SSSR count). The van der Waals surface area contributed by atoms with Crippen LogP contribution in [-0.4, -0.2) is 17.5 Å². The highest BCUT2D eigenvalue weighted by atomic mass is 32.1. The van der Waals surface area contributed by atoms with Gasteiger partial charge in [-0.05, 0) is 46.6 Å². The quantitative estimate of drug-likeness (QED) is 0.417. The molecule has 1 aromatic heterocycles. The summed E-state index contributed by atoms with van der Waals surface area (Å²) >= 11 is 1.33. The van der Waals surface area contributed by atoms with Gasteiger partial charge in [0, 0.05) is 17.5 Å². The van der Waals surface area contributed by atoms with E-state index < -0.39 is 0 Å². The summed E-state index contributed by atoms with van der Waals surface area (Å²) in [5, 5.41) is 3.22. The summed E-state index contributed by atoms with van der Waals surface area (Å²) in [6.45, 7) is 11.1. The highest BCUT2D eigenvalue weighted by Crippen LogP contribution is 2.36. The Bertz CT molecular complexity index is 1050. The molecule has 0 saturated carbocycles. The topological polar surface area (TPSA) is 51.2 Å². The molecule has 6 heteroatoms. The SMILES string of the molecule is CC(C)(C)CC(C)(C)c1ccc(OCC(=O)Nc2ncc(Cc3ccccc3F)s2)cc1. The first-order valence-electron chi connectivity index (χ1n) is 10.7. The summed E-state index contributed by atoms with van der Waals surface area (Å²) < 4.78 is 19.5. The fourth-order valence-corrected chi connectivity index (χ4v) is 4.86. The molecule has 0 atom stereocenters. The molecule has 0 unspecified atom stereocenters. The van der Waals surface area contributed by atoms with Crippen molar-refractivity contribution in [1.82, 2.24) is 4.98 Å².